The Morgan fingerprint density at radius 1 is 1.06 bits per heavy atom. The quantitative estimate of drug-likeness (QED) is 0.627. The van der Waals surface area contributed by atoms with Crippen LogP contribution in [-0.2, 0) is 4.74 Å². The van der Waals surface area contributed by atoms with Crippen LogP contribution in [0.25, 0.3) is 0 Å². The lowest BCUT2D eigenvalue weighted by Gasteiger charge is -2.35. The summed E-state index contributed by atoms with van der Waals surface area (Å²) in [5.41, 5.74) is 3.65. The molecule has 33 heavy (non-hydrogen) atoms. The third-order valence-corrected chi connectivity index (χ3v) is 6.42. The van der Waals surface area contributed by atoms with Crippen LogP contribution in [0.15, 0.2) is 42.7 Å². The molecule has 0 aliphatic carbocycles. The number of likely N-dealkylation sites (N-methyl/N-ethyl adjacent to an activating group) is 1. The summed E-state index contributed by atoms with van der Waals surface area (Å²) in [7, 11) is 1.95. The van der Waals surface area contributed by atoms with Gasteiger partial charge in [0.15, 0.2) is 11.6 Å². The van der Waals surface area contributed by atoms with Gasteiger partial charge >= 0.3 is 0 Å². The van der Waals surface area contributed by atoms with Gasteiger partial charge in [-0.25, -0.2) is 9.37 Å². The Balaban J connectivity index is 1.26. The maximum absolute atomic E-state index is 14.1. The maximum Gasteiger partial charge on any atom is 0.225 e. The predicted molar refractivity (Wildman–Crippen MR) is 124 cm³/mol. The van der Waals surface area contributed by atoms with Gasteiger partial charge in [0.2, 0.25) is 5.95 Å². The highest BCUT2D eigenvalue weighted by Gasteiger charge is 2.29. The Kier molecular flexibility index (Phi) is 5.85. The van der Waals surface area contributed by atoms with Gasteiger partial charge in [-0.15, -0.1) is 0 Å². The molecule has 172 valence electrons. The normalized spacial score (nSPS) is 22.4. The average molecular weight is 450 g/mol. The average Bonchev–Trinajstić information content (AvgIpc) is 2.82. The van der Waals surface area contributed by atoms with Gasteiger partial charge in [0.1, 0.15) is 12.4 Å². The highest BCUT2D eigenvalue weighted by Crippen LogP contribution is 2.37. The van der Waals surface area contributed by atoms with Gasteiger partial charge in [-0.3, -0.25) is 4.98 Å². The van der Waals surface area contributed by atoms with Crippen molar-refractivity contribution in [3.05, 3.63) is 70.9 Å². The number of aromatic nitrogens is 3. The molecule has 0 radical (unpaired) electrons. The van der Waals surface area contributed by atoms with Crippen molar-refractivity contribution in [2.45, 2.75) is 44.9 Å². The third kappa shape index (κ3) is 4.48. The zero-order valence-electron chi connectivity index (χ0n) is 19.1. The van der Waals surface area contributed by atoms with Crippen LogP contribution in [0.5, 0.6) is 5.75 Å². The molecule has 1 N–H and O–H groups in total. The van der Waals surface area contributed by atoms with Crippen molar-refractivity contribution >= 4 is 11.8 Å². The summed E-state index contributed by atoms with van der Waals surface area (Å²) in [6.07, 6.45) is 5.47. The first-order valence-corrected chi connectivity index (χ1v) is 11.3. The number of pyridine rings is 1. The molecular formula is C25H28FN5O2. The molecule has 3 unspecified atom stereocenters. The molecule has 1 fully saturated rings. The monoisotopic (exact) mass is 449 g/mol. The van der Waals surface area contributed by atoms with Gasteiger partial charge in [-0.05, 0) is 61.6 Å². The van der Waals surface area contributed by atoms with Crippen LogP contribution in [0.4, 0.5) is 16.2 Å². The number of fused-ring (bicyclic) bond motifs is 1. The van der Waals surface area contributed by atoms with Gasteiger partial charge in [-0.1, -0.05) is 12.1 Å². The number of nitrogens with one attached hydrogen (secondary N) is 1. The van der Waals surface area contributed by atoms with Gasteiger partial charge in [0, 0.05) is 18.9 Å². The molecule has 2 aliphatic heterocycles. The molecule has 1 aromatic carbocycles. The van der Waals surface area contributed by atoms with E-state index in [1.807, 2.05) is 37.2 Å². The SMILES string of the molecule is Cc1cc(C2CCC(Nc3ncc4c(n3)N(C)C(c3ccc(C)c(F)c3)CO4)CO2)ccn1. The number of rotatable bonds is 4. The molecule has 0 saturated carbocycles. The molecule has 4 heterocycles. The third-order valence-electron chi connectivity index (χ3n) is 6.42. The van der Waals surface area contributed by atoms with E-state index < -0.39 is 0 Å². The number of ether oxygens (including phenoxy) is 2. The fourth-order valence-corrected chi connectivity index (χ4v) is 4.43. The van der Waals surface area contributed by atoms with Gasteiger partial charge in [0.05, 0.1) is 31.0 Å². The first-order chi connectivity index (χ1) is 16.0. The van der Waals surface area contributed by atoms with Crippen molar-refractivity contribution in [1.29, 1.82) is 0 Å². The summed E-state index contributed by atoms with van der Waals surface area (Å²) < 4.78 is 26.1. The second-order valence-electron chi connectivity index (χ2n) is 8.80. The van der Waals surface area contributed by atoms with Crippen LogP contribution >= 0.6 is 0 Å². The maximum atomic E-state index is 14.1. The molecular weight excluding hydrogens is 421 g/mol. The minimum atomic E-state index is -0.214. The molecule has 7 nitrogen and oxygen atoms in total. The fourth-order valence-electron chi connectivity index (χ4n) is 4.43. The Morgan fingerprint density at radius 3 is 2.70 bits per heavy atom. The van der Waals surface area contributed by atoms with Crippen LogP contribution in [0, 0.1) is 19.7 Å². The lowest BCUT2D eigenvalue weighted by atomic mass is 9.99. The zero-order chi connectivity index (χ0) is 22.9. The van der Waals surface area contributed by atoms with Gasteiger partial charge in [-0.2, -0.15) is 4.98 Å². The summed E-state index contributed by atoms with van der Waals surface area (Å²) in [6, 6.07) is 9.41. The minimum Gasteiger partial charge on any atom is -0.486 e. The van der Waals surface area contributed by atoms with Crippen LogP contribution in [-0.4, -0.2) is 41.3 Å². The summed E-state index contributed by atoms with van der Waals surface area (Å²) in [5.74, 6) is 1.63. The fraction of sp³-hybridized carbons (Fsp3) is 0.400. The Morgan fingerprint density at radius 2 is 1.94 bits per heavy atom. The molecule has 3 atom stereocenters. The minimum absolute atomic E-state index is 0.0874. The Bertz CT molecular complexity index is 1150. The van der Waals surface area contributed by atoms with E-state index in [2.05, 4.69) is 21.4 Å². The molecule has 5 rings (SSSR count). The number of hydrogen-bond donors (Lipinski definition) is 1. The number of benzene rings is 1. The number of halogens is 1. The molecule has 1 saturated heterocycles. The molecule has 0 spiro atoms. The van der Waals surface area contributed by atoms with Crippen LogP contribution in [0.1, 0.15) is 47.4 Å². The first-order valence-electron chi connectivity index (χ1n) is 11.3. The van der Waals surface area contributed by atoms with E-state index in [0.717, 1.165) is 24.1 Å². The van der Waals surface area contributed by atoms with Gasteiger partial charge in [0.25, 0.3) is 0 Å². The highest BCUT2D eigenvalue weighted by molar-refractivity contribution is 5.57. The Labute approximate surface area is 193 Å². The van der Waals surface area contributed by atoms with E-state index in [4.69, 9.17) is 14.5 Å². The molecule has 3 aromatic rings. The summed E-state index contributed by atoms with van der Waals surface area (Å²) in [4.78, 5) is 15.4. The number of nitrogens with zero attached hydrogens (tertiary/aromatic N) is 4. The molecule has 2 aromatic heterocycles. The lowest BCUT2D eigenvalue weighted by Crippen LogP contribution is -2.35. The van der Waals surface area contributed by atoms with E-state index in [-0.39, 0.29) is 24.0 Å². The summed E-state index contributed by atoms with van der Waals surface area (Å²) >= 11 is 0. The van der Waals surface area contributed by atoms with Crippen molar-refractivity contribution < 1.29 is 13.9 Å². The number of anilines is 2. The Hall–Kier alpha value is -3.26. The standard InChI is InChI=1S/C25H28FN5O2/c1-15-4-5-17(11-20(15)26)21-14-33-23-12-28-25(30-24(23)31(21)3)29-19-6-7-22(32-13-19)18-8-9-27-16(2)10-18/h4-5,8-12,19,21-22H,6-7,13-14H2,1-3H3,(H,28,29,30). The number of hydrogen-bond acceptors (Lipinski definition) is 7. The van der Waals surface area contributed by atoms with Crippen molar-refractivity contribution in [2.75, 3.05) is 30.5 Å². The van der Waals surface area contributed by atoms with E-state index in [9.17, 15) is 4.39 Å². The lowest BCUT2D eigenvalue weighted by molar-refractivity contribution is 0.00794. The molecule has 8 heteroatoms. The van der Waals surface area contributed by atoms with E-state index in [0.29, 0.717) is 36.3 Å². The topological polar surface area (TPSA) is 72.4 Å². The van der Waals surface area contributed by atoms with Crippen LogP contribution < -0.4 is 15.0 Å². The van der Waals surface area contributed by atoms with Gasteiger partial charge < -0.3 is 19.7 Å². The molecule has 0 amide bonds. The zero-order valence-corrected chi connectivity index (χ0v) is 19.1. The van der Waals surface area contributed by atoms with E-state index in [1.54, 1.807) is 25.3 Å². The van der Waals surface area contributed by atoms with Crippen molar-refractivity contribution in [1.82, 2.24) is 15.0 Å². The van der Waals surface area contributed by atoms with E-state index in [1.165, 1.54) is 5.56 Å². The second-order valence-corrected chi connectivity index (χ2v) is 8.80. The number of aryl methyl sites for hydroxylation is 2. The second kappa shape index (κ2) is 8.94. The highest BCUT2D eigenvalue weighted by atomic mass is 19.1. The predicted octanol–water partition coefficient (Wildman–Crippen LogP) is 4.53. The van der Waals surface area contributed by atoms with Crippen molar-refractivity contribution in [3.63, 3.8) is 0 Å². The van der Waals surface area contributed by atoms with Crippen molar-refractivity contribution in [3.8, 4) is 5.75 Å². The summed E-state index contributed by atoms with van der Waals surface area (Å²) in [5, 5.41) is 3.40. The molecule has 0 bridgehead atoms. The van der Waals surface area contributed by atoms with Crippen LogP contribution in [0.3, 0.4) is 0 Å². The molecule has 2 aliphatic rings. The largest absolute Gasteiger partial charge is 0.486 e. The first kappa shape index (κ1) is 21.6. The van der Waals surface area contributed by atoms with E-state index >= 15 is 0 Å². The summed E-state index contributed by atoms with van der Waals surface area (Å²) in [6.45, 7) is 4.74. The van der Waals surface area contributed by atoms with Crippen molar-refractivity contribution in [2.24, 2.45) is 0 Å². The van der Waals surface area contributed by atoms with Crippen LogP contribution in [0.2, 0.25) is 0 Å². The smallest absolute Gasteiger partial charge is 0.225 e.